The summed E-state index contributed by atoms with van der Waals surface area (Å²) in [6.07, 6.45) is 7.79. The van der Waals surface area contributed by atoms with Gasteiger partial charge in [-0.15, -0.1) is 0 Å². The second kappa shape index (κ2) is 8.46. The standard InChI is InChI=1S/C23H30N6O2S/c1-25-32(30,31)9-6-16-4-2-5-18(10-16)20-14-29(23-21(20)22(24)26-15-27-23)19-11-17(12-19)13-28-7-3-8-28/h2,4-5,10,14-15,17,19,25H,3,6-9,11-13H2,1H3,(H2,24,26,27). The van der Waals surface area contributed by atoms with Crippen LogP contribution in [0, 0.1) is 5.92 Å². The largest absolute Gasteiger partial charge is 0.383 e. The van der Waals surface area contributed by atoms with Crippen molar-refractivity contribution >= 4 is 26.9 Å². The number of rotatable bonds is 8. The van der Waals surface area contributed by atoms with E-state index >= 15 is 0 Å². The van der Waals surface area contributed by atoms with Crippen LogP contribution >= 0.6 is 0 Å². The highest BCUT2D eigenvalue weighted by molar-refractivity contribution is 7.89. The molecule has 8 nitrogen and oxygen atoms in total. The van der Waals surface area contributed by atoms with Crippen LogP contribution in [-0.4, -0.2) is 60.3 Å². The van der Waals surface area contributed by atoms with Crippen molar-refractivity contribution in [1.29, 1.82) is 0 Å². The molecule has 3 heterocycles. The van der Waals surface area contributed by atoms with E-state index in [-0.39, 0.29) is 5.75 Å². The molecule has 0 unspecified atom stereocenters. The molecule has 2 fully saturated rings. The highest BCUT2D eigenvalue weighted by Crippen LogP contribution is 2.43. The van der Waals surface area contributed by atoms with Crippen LogP contribution in [0.15, 0.2) is 36.8 Å². The third-order valence-corrected chi connectivity index (χ3v) is 8.28. The summed E-state index contributed by atoms with van der Waals surface area (Å²) in [5, 5.41) is 0.874. The number of benzene rings is 1. The topological polar surface area (TPSA) is 106 Å². The lowest BCUT2D eigenvalue weighted by Gasteiger charge is -2.42. The number of hydrogen-bond acceptors (Lipinski definition) is 6. The van der Waals surface area contributed by atoms with Crippen molar-refractivity contribution in [2.75, 3.05) is 38.2 Å². The maximum atomic E-state index is 11.8. The van der Waals surface area contributed by atoms with Crippen LogP contribution in [0.2, 0.25) is 0 Å². The number of fused-ring (bicyclic) bond motifs is 1. The average Bonchev–Trinajstić information content (AvgIpc) is 3.11. The van der Waals surface area contributed by atoms with E-state index in [1.165, 1.54) is 39.4 Å². The molecule has 5 rings (SSSR count). The van der Waals surface area contributed by atoms with E-state index in [1.807, 2.05) is 24.3 Å². The Morgan fingerprint density at radius 1 is 1.22 bits per heavy atom. The van der Waals surface area contributed by atoms with E-state index in [2.05, 4.69) is 30.4 Å². The fraction of sp³-hybridized carbons (Fsp3) is 0.478. The van der Waals surface area contributed by atoms with Crippen LogP contribution in [0.5, 0.6) is 0 Å². The minimum Gasteiger partial charge on any atom is -0.383 e. The molecular weight excluding hydrogens is 424 g/mol. The van der Waals surface area contributed by atoms with Crippen molar-refractivity contribution < 1.29 is 8.42 Å². The van der Waals surface area contributed by atoms with Gasteiger partial charge in [0, 0.05) is 24.3 Å². The van der Waals surface area contributed by atoms with E-state index in [0.29, 0.717) is 18.3 Å². The minimum absolute atomic E-state index is 0.0560. The molecule has 1 aromatic carbocycles. The van der Waals surface area contributed by atoms with Crippen LogP contribution in [0.3, 0.4) is 0 Å². The normalized spacial score (nSPS) is 21.4. The number of nitrogens with zero attached hydrogens (tertiary/aromatic N) is 4. The second-order valence-electron chi connectivity index (χ2n) is 9.03. The van der Waals surface area contributed by atoms with Crippen LogP contribution < -0.4 is 10.5 Å². The zero-order valence-electron chi connectivity index (χ0n) is 18.4. The maximum Gasteiger partial charge on any atom is 0.211 e. The van der Waals surface area contributed by atoms with Gasteiger partial charge in [0.05, 0.1) is 11.1 Å². The third kappa shape index (κ3) is 4.12. The van der Waals surface area contributed by atoms with Gasteiger partial charge in [0.1, 0.15) is 17.8 Å². The molecule has 1 aliphatic carbocycles. The van der Waals surface area contributed by atoms with E-state index < -0.39 is 10.0 Å². The molecule has 1 saturated heterocycles. The SMILES string of the molecule is CNS(=O)(=O)CCc1cccc(-c2cn(C3CC(CN4CCC4)C3)c3ncnc(N)c23)c1. The summed E-state index contributed by atoms with van der Waals surface area (Å²) in [6.45, 7) is 3.69. The van der Waals surface area contributed by atoms with Crippen molar-refractivity contribution in [3.63, 3.8) is 0 Å². The second-order valence-corrected chi connectivity index (χ2v) is 11.1. The van der Waals surface area contributed by atoms with Gasteiger partial charge in [-0.2, -0.15) is 0 Å². The Hall–Kier alpha value is -2.49. The number of aryl methyl sites for hydroxylation is 1. The molecule has 1 saturated carbocycles. The minimum atomic E-state index is -3.25. The van der Waals surface area contributed by atoms with E-state index in [0.717, 1.165) is 46.5 Å². The van der Waals surface area contributed by atoms with Crippen molar-refractivity contribution in [1.82, 2.24) is 24.2 Å². The number of hydrogen-bond donors (Lipinski definition) is 2. The highest BCUT2D eigenvalue weighted by atomic mass is 32.2. The zero-order chi connectivity index (χ0) is 22.3. The molecule has 2 aliphatic rings. The van der Waals surface area contributed by atoms with Crippen LogP contribution in [0.4, 0.5) is 5.82 Å². The van der Waals surface area contributed by atoms with Crippen LogP contribution in [0.25, 0.3) is 22.2 Å². The van der Waals surface area contributed by atoms with Gasteiger partial charge in [0.15, 0.2) is 0 Å². The first-order valence-corrected chi connectivity index (χ1v) is 12.9. The molecule has 2 aromatic heterocycles. The fourth-order valence-electron chi connectivity index (χ4n) is 4.86. The molecule has 3 aromatic rings. The zero-order valence-corrected chi connectivity index (χ0v) is 19.2. The Labute approximate surface area is 188 Å². The van der Waals surface area contributed by atoms with Crippen LogP contribution in [0.1, 0.15) is 30.9 Å². The van der Waals surface area contributed by atoms with Gasteiger partial charge in [-0.3, -0.25) is 0 Å². The molecule has 3 N–H and O–H groups in total. The monoisotopic (exact) mass is 454 g/mol. The summed E-state index contributed by atoms with van der Waals surface area (Å²) in [5.74, 6) is 1.28. The first-order chi connectivity index (χ1) is 15.4. The summed E-state index contributed by atoms with van der Waals surface area (Å²) >= 11 is 0. The third-order valence-electron chi connectivity index (χ3n) is 6.92. The fourth-order valence-corrected chi connectivity index (χ4v) is 5.57. The predicted octanol–water partition coefficient (Wildman–Crippen LogP) is 2.43. The quantitative estimate of drug-likeness (QED) is 0.541. The van der Waals surface area contributed by atoms with Gasteiger partial charge < -0.3 is 15.2 Å². The van der Waals surface area contributed by atoms with Crippen LogP contribution in [-0.2, 0) is 16.4 Å². The predicted molar refractivity (Wildman–Crippen MR) is 127 cm³/mol. The van der Waals surface area contributed by atoms with Gasteiger partial charge in [0.2, 0.25) is 10.0 Å². The molecule has 1 aliphatic heterocycles. The summed E-state index contributed by atoms with van der Waals surface area (Å²) in [4.78, 5) is 11.4. The Morgan fingerprint density at radius 2 is 2.03 bits per heavy atom. The summed E-state index contributed by atoms with van der Waals surface area (Å²) in [6, 6.07) is 8.43. The number of aromatic nitrogens is 3. The number of anilines is 1. The smallest absolute Gasteiger partial charge is 0.211 e. The average molecular weight is 455 g/mol. The highest BCUT2D eigenvalue weighted by Gasteiger charge is 2.34. The molecule has 0 bridgehead atoms. The molecule has 0 atom stereocenters. The first-order valence-electron chi connectivity index (χ1n) is 11.3. The lowest BCUT2D eigenvalue weighted by molar-refractivity contribution is 0.0921. The van der Waals surface area contributed by atoms with Gasteiger partial charge in [-0.1, -0.05) is 24.3 Å². The van der Waals surface area contributed by atoms with Crippen molar-refractivity contribution in [3.8, 4) is 11.1 Å². The van der Waals surface area contributed by atoms with Crippen molar-refractivity contribution in [2.24, 2.45) is 5.92 Å². The first kappa shape index (κ1) is 21.4. The molecule has 170 valence electrons. The lowest BCUT2D eigenvalue weighted by atomic mass is 9.79. The molecule has 0 amide bonds. The van der Waals surface area contributed by atoms with Crippen molar-refractivity contribution in [3.05, 3.63) is 42.4 Å². The Kier molecular flexibility index (Phi) is 5.65. The van der Waals surface area contributed by atoms with Gasteiger partial charge in [-0.05, 0) is 62.9 Å². The van der Waals surface area contributed by atoms with Gasteiger partial charge in [0.25, 0.3) is 0 Å². The van der Waals surface area contributed by atoms with Gasteiger partial charge >= 0.3 is 0 Å². The summed E-state index contributed by atoms with van der Waals surface area (Å²) in [7, 11) is -1.81. The molecule has 9 heteroatoms. The molecule has 32 heavy (non-hydrogen) atoms. The number of nitrogens with two attached hydrogens (primary N) is 1. The van der Waals surface area contributed by atoms with Gasteiger partial charge in [-0.25, -0.2) is 23.1 Å². The summed E-state index contributed by atoms with van der Waals surface area (Å²) < 4.78 is 28.3. The number of likely N-dealkylation sites (tertiary alicyclic amines) is 1. The van der Waals surface area contributed by atoms with Crippen molar-refractivity contribution in [2.45, 2.75) is 31.7 Å². The number of nitrogen functional groups attached to an aromatic ring is 1. The Balaban J connectivity index is 1.43. The van der Waals surface area contributed by atoms with E-state index in [1.54, 1.807) is 0 Å². The Morgan fingerprint density at radius 3 is 2.75 bits per heavy atom. The van der Waals surface area contributed by atoms with E-state index in [4.69, 9.17) is 5.73 Å². The Bertz CT molecular complexity index is 1230. The summed E-state index contributed by atoms with van der Waals surface area (Å²) in [5.41, 5.74) is 10.2. The number of sulfonamides is 1. The van der Waals surface area contributed by atoms with E-state index in [9.17, 15) is 8.42 Å². The molecule has 0 spiro atoms. The lowest BCUT2D eigenvalue weighted by Crippen LogP contribution is -2.43. The maximum absolute atomic E-state index is 11.8. The number of nitrogens with one attached hydrogen (secondary N) is 1. The molecular formula is C23H30N6O2S. The molecule has 0 radical (unpaired) electrons.